The van der Waals surface area contributed by atoms with E-state index in [9.17, 15) is 5.16 Å². The number of rotatable bonds is 0. The van der Waals surface area contributed by atoms with Gasteiger partial charge in [-0.1, -0.05) is 96.9 Å². The molecule has 1 aromatic rings. The van der Waals surface area contributed by atoms with Crippen LogP contribution in [0.3, 0.4) is 0 Å². The zero-order valence-electron chi connectivity index (χ0n) is 20.5. The predicted octanol–water partition coefficient (Wildman–Crippen LogP) is 10.2. The number of halogens is 3. The van der Waals surface area contributed by atoms with E-state index in [1.807, 2.05) is 0 Å². The Morgan fingerprint density at radius 1 is 0.679 bits per heavy atom. The minimum atomic E-state index is -2.18. The number of hydrogen-bond acceptors (Lipinski definition) is 0. The van der Waals surface area contributed by atoms with E-state index >= 15 is 0 Å². The van der Waals surface area contributed by atoms with E-state index in [4.69, 9.17) is 27.6 Å². The molecule has 0 aliphatic heterocycles. The Hall–Kier alpha value is 1.19. The Labute approximate surface area is 194 Å². The Morgan fingerprint density at radius 2 is 0.857 bits per heavy atom. The molecule has 1 rings (SSSR count). The molecule has 0 atom stereocenters. The van der Waals surface area contributed by atoms with Crippen molar-refractivity contribution in [1.29, 1.82) is 0 Å². The topological polar surface area (TPSA) is 22.3 Å². The standard InChI is InChI=1S/C12H27NP.C10H15.3ClH.Ta/c1-10(2,3)14(13,11(4,5)6)12(7,8)9;1-6-7(2)9(4)10(5)8(6)3;;;;/h1-9H3;1-5H3;3*1H;/q2*-1;;;;+3/p-3. The van der Waals surface area contributed by atoms with Gasteiger partial charge >= 0.3 is 42.8 Å². The zero-order valence-corrected chi connectivity index (χ0v) is 26.9. The van der Waals surface area contributed by atoms with Gasteiger partial charge in [0.05, 0.1) is 0 Å². The molecule has 0 aliphatic carbocycles. The van der Waals surface area contributed by atoms with Crippen molar-refractivity contribution in [3.8, 4) is 0 Å². The molecule has 0 fully saturated rings. The summed E-state index contributed by atoms with van der Waals surface area (Å²) >= 11 is -2.18. The molecule has 168 valence electrons. The Morgan fingerprint density at radius 3 is 0.893 bits per heavy atom. The van der Waals surface area contributed by atoms with Gasteiger partial charge < -0.3 is 5.16 Å². The minimum absolute atomic E-state index is 0.0104. The van der Waals surface area contributed by atoms with E-state index < -0.39 is 22.3 Å². The number of nitrogens with zero attached hydrogens (tertiary/aromatic N) is 1. The van der Waals surface area contributed by atoms with Crippen molar-refractivity contribution in [2.45, 2.75) is 112 Å². The van der Waals surface area contributed by atoms with Crippen LogP contribution in [-0.2, 0) is 15.2 Å². The first-order valence-corrected chi connectivity index (χ1v) is 23.3. The Kier molecular flexibility index (Phi) is 12.5. The van der Waals surface area contributed by atoms with Crippen LogP contribution >= 0.6 is 34.6 Å². The molecule has 0 aromatic heterocycles. The molecular weight excluding hydrogens is 597 g/mol. The van der Waals surface area contributed by atoms with Gasteiger partial charge in [0.15, 0.2) is 0 Å². The molecule has 0 saturated heterocycles. The van der Waals surface area contributed by atoms with Gasteiger partial charge in [-0.15, -0.1) is 0 Å². The summed E-state index contributed by atoms with van der Waals surface area (Å²) < 4.78 is 0. The summed E-state index contributed by atoms with van der Waals surface area (Å²) in [6.07, 6.45) is 0. The van der Waals surface area contributed by atoms with Gasteiger partial charge in [-0.2, -0.15) is 27.8 Å². The van der Waals surface area contributed by atoms with Gasteiger partial charge in [0.1, 0.15) is 0 Å². The van der Waals surface area contributed by atoms with Crippen LogP contribution < -0.4 is 0 Å². The molecular formula is C22H42Cl3NPTa-2. The van der Waals surface area contributed by atoms with Gasteiger partial charge in [0.25, 0.3) is 0 Å². The second kappa shape index (κ2) is 11.2. The summed E-state index contributed by atoms with van der Waals surface area (Å²) in [6, 6.07) is 0. The molecule has 0 aliphatic rings. The number of hydrogen-bond donors (Lipinski definition) is 0. The van der Waals surface area contributed by atoms with Crippen LogP contribution in [0.15, 0.2) is 0 Å². The second-order valence-electron chi connectivity index (χ2n) is 10.5. The van der Waals surface area contributed by atoms with Gasteiger partial charge in [-0.05, 0) is 15.5 Å². The van der Waals surface area contributed by atoms with E-state index in [0.29, 0.717) is 0 Å². The van der Waals surface area contributed by atoms with Crippen LogP contribution in [0.5, 0.6) is 0 Å². The summed E-state index contributed by atoms with van der Waals surface area (Å²) in [5, 5.41) is 11.1. The van der Waals surface area contributed by atoms with Gasteiger partial charge in [0.2, 0.25) is 0 Å². The molecule has 1 nitrogen and oxygen atoms in total. The van der Waals surface area contributed by atoms with Crippen LogP contribution in [0.4, 0.5) is 0 Å². The van der Waals surface area contributed by atoms with Crippen LogP contribution in [0.2, 0.25) is 0 Å². The van der Waals surface area contributed by atoms with E-state index in [1.54, 1.807) is 0 Å². The first-order chi connectivity index (χ1) is 12.0. The van der Waals surface area contributed by atoms with Crippen molar-refractivity contribution in [3.05, 3.63) is 33.0 Å². The predicted molar refractivity (Wildman–Crippen MR) is 133 cm³/mol. The second-order valence-corrected chi connectivity index (χ2v) is 29.7. The van der Waals surface area contributed by atoms with Crippen molar-refractivity contribution in [3.63, 3.8) is 0 Å². The van der Waals surface area contributed by atoms with E-state index in [2.05, 4.69) is 96.9 Å². The third kappa shape index (κ3) is 8.03. The molecule has 0 spiro atoms. The fourth-order valence-electron chi connectivity index (χ4n) is 4.42. The van der Waals surface area contributed by atoms with Gasteiger partial charge in [-0.3, -0.25) is 0 Å². The molecule has 6 heteroatoms. The van der Waals surface area contributed by atoms with Crippen molar-refractivity contribution in [2.75, 3.05) is 0 Å². The summed E-state index contributed by atoms with van der Waals surface area (Å²) in [6.45, 7) is 30.5. The molecule has 0 radical (unpaired) electrons. The SMILES string of the molecule is CC(C)(C)P(=[N-])(C(C)(C)C)C(C)(C)C.Cc1c(C)c(C)[c-](C)c1C.[Cl][Ta]([Cl])[Cl]. The van der Waals surface area contributed by atoms with Crippen molar-refractivity contribution in [1.82, 2.24) is 0 Å². The Balaban J connectivity index is 0. The van der Waals surface area contributed by atoms with Crippen LogP contribution in [0.1, 0.15) is 90.1 Å². The summed E-state index contributed by atoms with van der Waals surface area (Å²) in [5.41, 5.74) is 7.34. The van der Waals surface area contributed by atoms with Crippen LogP contribution in [0.25, 0.3) is 5.16 Å². The molecule has 0 bridgehead atoms. The van der Waals surface area contributed by atoms with Crippen molar-refractivity contribution < 1.29 is 15.2 Å². The van der Waals surface area contributed by atoms with Crippen molar-refractivity contribution >= 4 is 34.6 Å². The average Bonchev–Trinajstić information content (AvgIpc) is 2.61. The molecule has 28 heavy (non-hydrogen) atoms. The quantitative estimate of drug-likeness (QED) is 0.199. The third-order valence-corrected chi connectivity index (χ3v) is 11.5. The van der Waals surface area contributed by atoms with E-state index in [0.717, 1.165) is 0 Å². The zero-order chi connectivity index (χ0) is 23.5. The molecule has 1 aromatic carbocycles. The molecule has 0 N–H and O–H groups in total. The fraction of sp³-hybridized carbons (Fsp3) is 0.773. The summed E-state index contributed by atoms with van der Waals surface area (Å²) in [5.74, 6) is 0. The van der Waals surface area contributed by atoms with E-state index in [1.165, 1.54) is 27.8 Å². The first kappa shape index (κ1) is 31.4. The molecule has 0 saturated carbocycles. The Bertz CT molecular complexity index is 546. The first-order valence-electron chi connectivity index (χ1n) is 9.63. The third-order valence-electron chi connectivity index (χ3n) is 5.72. The molecule has 0 unspecified atom stereocenters. The molecule has 0 heterocycles. The normalized spacial score (nSPS) is 12.9. The summed E-state index contributed by atoms with van der Waals surface area (Å²) in [7, 11) is 13.0. The van der Waals surface area contributed by atoms with E-state index in [-0.39, 0.29) is 15.5 Å². The van der Waals surface area contributed by atoms with Gasteiger partial charge in [-0.25, -0.2) is 7.05 Å². The summed E-state index contributed by atoms with van der Waals surface area (Å²) in [4.78, 5) is 0. The average molecular weight is 639 g/mol. The monoisotopic (exact) mass is 637 g/mol. The van der Waals surface area contributed by atoms with Crippen molar-refractivity contribution in [2.24, 2.45) is 0 Å². The van der Waals surface area contributed by atoms with Crippen LogP contribution in [-0.4, -0.2) is 15.5 Å². The van der Waals surface area contributed by atoms with Gasteiger partial charge in [0, 0.05) is 0 Å². The maximum atomic E-state index is 11.1. The maximum absolute atomic E-state index is 11.1. The molecule has 0 amide bonds. The van der Waals surface area contributed by atoms with Crippen LogP contribution in [0, 0.1) is 34.6 Å². The fourth-order valence-corrected chi connectivity index (χ4v) is 10.5.